The molecule has 0 saturated carbocycles. The summed E-state index contributed by atoms with van der Waals surface area (Å²) < 4.78 is 4.42. The summed E-state index contributed by atoms with van der Waals surface area (Å²) >= 11 is 0. The van der Waals surface area contributed by atoms with Crippen LogP contribution in [-0.4, -0.2) is 31.1 Å². The summed E-state index contributed by atoms with van der Waals surface area (Å²) in [6.07, 6.45) is 5.63. The van der Waals surface area contributed by atoms with Gasteiger partial charge in [-0.15, -0.1) is 6.42 Å². The molecule has 0 saturated heterocycles. The molecule has 0 aliphatic carbocycles. The molecule has 1 amide bonds. The maximum atomic E-state index is 9.88. The third kappa shape index (κ3) is 60.0. The minimum atomic E-state index is -0.373. The van der Waals surface area contributed by atoms with Gasteiger partial charge in [0.25, 0.3) is 0 Å². The quantitative estimate of drug-likeness (QED) is 0.338. The monoisotopic (exact) mass is 262 g/mol. The summed E-state index contributed by atoms with van der Waals surface area (Å²) in [6, 6.07) is 0. The maximum Gasteiger partial charge on any atom is 1.00 e. The van der Waals surface area contributed by atoms with Gasteiger partial charge in [0.1, 0.15) is 0 Å². The molecule has 0 aromatic heterocycles. The third-order valence-corrected chi connectivity index (χ3v) is 0.940. The van der Waals surface area contributed by atoms with E-state index in [2.05, 4.69) is 29.8 Å². The first kappa shape index (κ1) is 26.5. The molecule has 0 aliphatic heterocycles. The standard InChI is InChI=1S/C5H6NO.C5H9O2.C3H8N.Li/c1-3-4-6-5(2)7;1-5(2,3)7-4-6;1-2-3-4;/h1H,2,4H2,(H,6,7);1-3H3;1-4H2;/q3*-1;+1. The molecule has 0 radical (unpaired) electrons. The Bertz CT molecular complexity index is 243. The van der Waals surface area contributed by atoms with Crippen LogP contribution in [0.3, 0.4) is 0 Å². The van der Waals surface area contributed by atoms with Crippen LogP contribution in [0.1, 0.15) is 27.2 Å². The van der Waals surface area contributed by atoms with Crippen molar-refractivity contribution in [3.8, 4) is 12.3 Å². The molecule has 0 spiro atoms. The van der Waals surface area contributed by atoms with Crippen molar-refractivity contribution in [2.75, 3.05) is 13.1 Å². The molecule has 0 atom stereocenters. The number of hydrogen-bond donors (Lipinski definition) is 2. The SMILES string of the molecule is C#CCNC([CH2-])=O.CC(C)(C)O[C-]=O.[CH2-]CCN.[Li+]. The van der Waals surface area contributed by atoms with Gasteiger partial charge in [-0.3, -0.25) is 0 Å². The summed E-state index contributed by atoms with van der Waals surface area (Å²) in [6.45, 7) is 14.2. The number of carbonyl (C=O) groups excluding carboxylic acids is 2. The van der Waals surface area contributed by atoms with Crippen molar-refractivity contribution < 1.29 is 33.2 Å². The molecule has 6 heteroatoms. The van der Waals surface area contributed by atoms with Crippen molar-refractivity contribution in [1.82, 2.24) is 5.32 Å². The molecule has 0 heterocycles. The van der Waals surface area contributed by atoms with E-state index in [1.54, 1.807) is 20.8 Å². The Balaban J connectivity index is -0.0000000900. The van der Waals surface area contributed by atoms with Gasteiger partial charge in [0.05, 0.1) is 18.1 Å². The van der Waals surface area contributed by atoms with Crippen LogP contribution in [0, 0.1) is 26.2 Å². The average molecular weight is 262 g/mol. The zero-order chi connectivity index (χ0) is 15.0. The molecule has 3 N–H and O–H groups in total. The second kappa shape index (κ2) is 19.3. The van der Waals surface area contributed by atoms with E-state index in [0.717, 1.165) is 6.42 Å². The normalized spacial score (nSPS) is 8.00. The number of nitrogens with two attached hydrogens (primary N) is 1. The van der Waals surface area contributed by atoms with Crippen LogP contribution in [0.4, 0.5) is 0 Å². The summed E-state index contributed by atoms with van der Waals surface area (Å²) in [5.74, 6) is 1.89. The van der Waals surface area contributed by atoms with Gasteiger partial charge in [0.15, 0.2) is 0 Å². The zero-order valence-electron chi connectivity index (χ0n) is 12.4. The van der Waals surface area contributed by atoms with Crippen LogP contribution in [0.15, 0.2) is 0 Å². The Morgan fingerprint density at radius 3 is 2.00 bits per heavy atom. The molecule has 19 heavy (non-hydrogen) atoms. The third-order valence-electron chi connectivity index (χ3n) is 0.940. The van der Waals surface area contributed by atoms with Crippen LogP contribution in [0.5, 0.6) is 0 Å². The van der Waals surface area contributed by atoms with Crippen molar-refractivity contribution >= 4 is 12.4 Å². The Kier molecular flexibility index (Phi) is 26.9. The van der Waals surface area contributed by atoms with E-state index in [1.807, 2.05) is 0 Å². The van der Waals surface area contributed by atoms with Gasteiger partial charge < -0.3 is 39.2 Å². The fraction of sp³-hybridized carbons (Fsp3) is 0.538. The summed E-state index contributed by atoms with van der Waals surface area (Å²) in [5.41, 5.74) is 4.59. The number of carbonyl (C=O) groups is 1. The summed E-state index contributed by atoms with van der Waals surface area (Å²) in [4.78, 5) is 19.4. The van der Waals surface area contributed by atoms with E-state index in [-0.39, 0.29) is 36.9 Å². The second-order valence-electron chi connectivity index (χ2n) is 3.92. The minimum Gasteiger partial charge on any atom is -0.649 e. The predicted octanol–water partition coefficient (Wildman–Crippen LogP) is -2.39. The molecule has 0 fully saturated rings. The van der Waals surface area contributed by atoms with Crippen LogP contribution in [0.25, 0.3) is 0 Å². The molecular weight excluding hydrogens is 239 g/mol. The largest absolute Gasteiger partial charge is 1.00 e. The van der Waals surface area contributed by atoms with E-state index in [4.69, 9.17) is 12.2 Å². The molecule has 0 aromatic carbocycles. The molecular formula is C13H23LiN2O3-2. The molecule has 0 aliphatic rings. The van der Waals surface area contributed by atoms with Crippen molar-refractivity contribution in [2.45, 2.75) is 32.8 Å². The Morgan fingerprint density at radius 1 is 1.53 bits per heavy atom. The topological polar surface area (TPSA) is 81.4 Å². The van der Waals surface area contributed by atoms with Crippen molar-refractivity contribution in [3.63, 3.8) is 0 Å². The van der Waals surface area contributed by atoms with Crippen LogP contribution in [0.2, 0.25) is 0 Å². The van der Waals surface area contributed by atoms with E-state index in [0.29, 0.717) is 6.54 Å². The Labute approximate surface area is 129 Å². The van der Waals surface area contributed by atoms with Crippen molar-refractivity contribution in [2.24, 2.45) is 5.73 Å². The van der Waals surface area contributed by atoms with Crippen molar-refractivity contribution in [1.29, 1.82) is 0 Å². The first-order valence-electron chi connectivity index (χ1n) is 5.32. The van der Waals surface area contributed by atoms with E-state index < -0.39 is 0 Å². The van der Waals surface area contributed by atoms with Crippen molar-refractivity contribution in [3.05, 3.63) is 13.8 Å². The zero-order valence-corrected chi connectivity index (χ0v) is 12.4. The first-order chi connectivity index (χ1) is 8.24. The van der Waals surface area contributed by atoms with Crippen LogP contribution in [-0.2, 0) is 14.3 Å². The molecule has 0 aromatic rings. The number of nitrogens with one attached hydrogen (secondary N) is 1. The summed E-state index contributed by atoms with van der Waals surface area (Å²) in [7, 11) is 0. The molecule has 0 bridgehead atoms. The van der Waals surface area contributed by atoms with E-state index in [9.17, 15) is 9.59 Å². The van der Waals surface area contributed by atoms with E-state index in [1.165, 1.54) is 6.47 Å². The number of ether oxygens (including phenoxy) is 1. The second-order valence-corrected chi connectivity index (χ2v) is 3.92. The average Bonchev–Trinajstić information content (AvgIpc) is 2.26. The fourth-order valence-corrected chi connectivity index (χ4v) is 0.275. The van der Waals surface area contributed by atoms with Crippen LogP contribution < -0.4 is 29.9 Å². The predicted molar refractivity (Wildman–Crippen MR) is 72.8 cm³/mol. The maximum absolute atomic E-state index is 9.88. The van der Waals surface area contributed by atoms with Crippen LogP contribution >= 0.6 is 0 Å². The number of hydrogen-bond acceptors (Lipinski definition) is 4. The van der Waals surface area contributed by atoms with Gasteiger partial charge in [-0.25, -0.2) is 0 Å². The molecule has 0 unspecified atom stereocenters. The fourth-order valence-electron chi connectivity index (χ4n) is 0.275. The smallest absolute Gasteiger partial charge is 0.649 e. The number of amides is 1. The summed E-state index contributed by atoms with van der Waals surface area (Å²) in [5, 5.41) is 2.31. The van der Waals surface area contributed by atoms with Gasteiger partial charge in [-0.2, -0.15) is 6.42 Å². The van der Waals surface area contributed by atoms with E-state index >= 15 is 0 Å². The molecule has 106 valence electrons. The molecule has 5 nitrogen and oxygen atoms in total. The number of rotatable bonds is 3. The molecule has 0 rings (SSSR count). The van der Waals surface area contributed by atoms with Gasteiger partial charge in [0, 0.05) is 0 Å². The van der Waals surface area contributed by atoms with Gasteiger partial charge in [-0.1, -0.05) is 12.4 Å². The van der Waals surface area contributed by atoms with Gasteiger partial charge in [0.2, 0.25) is 0 Å². The first-order valence-corrected chi connectivity index (χ1v) is 5.32. The Morgan fingerprint density at radius 2 is 1.95 bits per heavy atom. The minimum absolute atomic E-state index is 0. The van der Waals surface area contributed by atoms with Gasteiger partial charge >= 0.3 is 18.9 Å². The Hall–Kier alpha value is -1.07. The van der Waals surface area contributed by atoms with Gasteiger partial charge in [-0.05, 0) is 27.3 Å². The number of terminal acetylenes is 1.